The fraction of sp³-hybridized carbons (Fsp3) is 0.200. The molecule has 1 aromatic rings. The van der Waals surface area contributed by atoms with E-state index in [0.29, 0.717) is 15.8 Å². The minimum Gasteiger partial charge on any atom is -0.370 e. The Morgan fingerprint density at radius 3 is 2.50 bits per heavy atom. The van der Waals surface area contributed by atoms with Crippen LogP contribution in [0.4, 0.5) is 4.79 Å². The lowest BCUT2D eigenvalue weighted by molar-refractivity contribution is 0.226. The Morgan fingerprint density at radius 1 is 1.67 bits per heavy atom. The van der Waals surface area contributed by atoms with E-state index in [-0.39, 0.29) is 4.47 Å². The third-order valence-electron chi connectivity index (χ3n) is 1.10. The zero-order valence-corrected chi connectivity index (χ0v) is 9.44. The summed E-state index contributed by atoms with van der Waals surface area (Å²) >= 11 is 11.1. The van der Waals surface area contributed by atoms with Crippen molar-refractivity contribution in [3.05, 3.63) is 20.6 Å². The van der Waals surface area contributed by atoms with Crippen molar-refractivity contribution in [2.45, 2.75) is 5.33 Å². The Hall–Kier alpha value is -0.0700. The Labute approximate surface area is 88.7 Å². The van der Waals surface area contributed by atoms with Crippen LogP contribution in [-0.2, 0) is 5.33 Å². The van der Waals surface area contributed by atoms with Crippen LogP contribution in [0.15, 0.2) is 13.8 Å². The summed E-state index contributed by atoms with van der Waals surface area (Å²) in [4.78, 5) is 21.6. The van der Waals surface area contributed by atoms with Crippen LogP contribution in [0, 0.1) is 0 Å². The van der Waals surface area contributed by atoms with E-state index in [2.05, 4.69) is 31.9 Å². The van der Waals surface area contributed by atoms with Crippen LogP contribution in [0.3, 0.4) is 0 Å². The highest BCUT2D eigenvalue weighted by molar-refractivity contribution is 9.10. The monoisotopic (exact) mass is 317 g/mol. The number of halogens is 3. The molecule has 0 aromatic carbocycles. The standard InChI is InChI=1S/C5H2Br2ClNO3/c6-1-2-3(7)4(10)9(12-2)5(8)11/h1H2. The van der Waals surface area contributed by atoms with Gasteiger partial charge in [0.1, 0.15) is 4.47 Å². The maximum Gasteiger partial charge on any atom is 0.357 e. The first kappa shape index (κ1) is 10.0. The second-order valence-electron chi connectivity index (χ2n) is 1.81. The van der Waals surface area contributed by atoms with E-state index >= 15 is 0 Å². The summed E-state index contributed by atoms with van der Waals surface area (Å²) in [6, 6.07) is 0. The van der Waals surface area contributed by atoms with Gasteiger partial charge in [0, 0.05) is 0 Å². The molecule has 0 fully saturated rings. The smallest absolute Gasteiger partial charge is 0.357 e. The molecule has 66 valence electrons. The lowest BCUT2D eigenvalue weighted by Gasteiger charge is -1.87. The molecule has 0 aliphatic carbocycles. The number of hydrogen-bond acceptors (Lipinski definition) is 3. The molecule has 0 saturated heterocycles. The minimum absolute atomic E-state index is 0.202. The number of rotatable bonds is 1. The zero-order valence-electron chi connectivity index (χ0n) is 5.51. The molecule has 0 aliphatic rings. The molecule has 1 heterocycles. The molecule has 1 rings (SSSR count). The van der Waals surface area contributed by atoms with Gasteiger partial charge in [-0.25, -0.2) is 0 Å². The molecule has 0 amide bonds. The number of nitrogens with zero attached hydrogens (tertiary/aromatic N) is 1. The van der Waals surface area contributed by atoms with Gasteiger partial charge < -0.3 is 4.52 Å². The van der Waals surface area contributed by atoms with Crippen molar-refractivity contribution in [2.24, 2.45) is 0 Å². The van der Waals surface area contributed by atoms with Gasteiger partial charge in [-0.15, -0.1) is 0 Å². The van der Waals surface area contributed by atoms with Crippen molar-refractivity contribution in [1.82, 2.24) is 4.74 Å². The van der Waals surface area contributed by atoms with Crippen LogP contribution >= 0.6 is 43.5 Å². The molecule has 0 bridgehead atoms. The summed E-state index contributed by atoms with van der Waals surface area (Å²) in [5.74, 6) is 0.328. The van der Waals surface area contributed by atoms with E-state index in [1.54, 1.807) is 0 Å². The average molecular weight is 319 g/mol. The third kappa shape index (κ3) is 1.65. The van der Waals surface area contributed by atoms with Gasteiger partial charge in [-0.2, -0.15) is 0 Å². The van der Waals surface area contributed by atoms with Gasteiger partial charge in [0.05, 0.1) is 5.33 Å². The summed E-state index contributed by atoms with van der Waals surface area (Å²) in [6.45, 7) is 0. The molecule has 0 spiro atoms. The Balaban J connectivity index is 3.35. The van der Waals surface area contributed by atoms with Gasteiger partial charge in [0.25, 0.3) is 0 Å². The van der Waals surface area contributed by atoms with Crippen molar-refractivity contribution in [2.75, 3.05) is 0 Å². The number of carbonyl (C=O) groups excluding carboxylic acids is 1. The van der Waals surface area contributed by atoms with E-state index in [1.165, 1.54) is 0 Å². The Bertz CT molecular complexity index is 369. The highest BCUT2D eigenvalue weighted by atomic mass is 79.9. The summed E-state index contributed by atoms with van der Waals surface area (Å²) in [6.07, 6.45) is 0. The van der Waals surface area contributed by atoms with Crippen LogP contribution in [-0.4, -0.2) is 10.1 Å². The molecule has 1 aromatic heterocycles. The Kier molecular flexibility index (Phi) is 3.14. The van der Waals surface area contributed by atoms with Gasteiger partial charge in [-0.1, -0.05) is 20.7 Å². The largest absolute Gasteiger partial charge is 0.370 e. The molecule has 0 N–H and O–H groups in total. The highest BCUT2D eigenvalue weighted by Crippen LogP contribution is 2.15. The SMILES string of the molecule is O=C(Cl)n1oc(CBr)c(Br)c1=O. The van der Waals surface area contributed by atoms with Crippen molar-refractivity contribution in [3.8, 4) is 0 Å². The Morgan fingerprint density at radius 2 is 2.25 bits per heavy atom. The van der Waals surface area contributed by atoms with E-state index in [4.69, 9.17) is 16.1 Å². The molecule has 7 heteroatoms. The highest BCUT2D eigenvalue weighted by Gasteiger charge is 2.16. The molecule has 0 radical (unpaired) electrons. The van der Waals surface area contributed by atoms with Gasteiger partial charge in [0.2, 0.25) is 0 Å². The summed E-state index contributed by atoms with van der Waals surface area (Å²) < 4.78 is 5.46. The third-order valence-corrected chi connectivity index (χ3v) is 2.54. The van der Waals surface area contributed by atoms with E-state index in [1.807, 2.05) is 0 Å². The average Bonchev–Trinajstić information content (AvgIpc) is 2.30. The van der Waals surface area contributed by atoms with Gasteiger partial charge >= 0.3 is 10.9 Å². The van der Waals surface area contributed by atoms with Crippen LogP contribution in [0.5, 0.6) is 0 Å². The second-order valence-corrected chi connectivity index (χ2v) is 3.49. The predicted molar refractivity (Wildman–Crippen MR) is 49.9 cm³/mol. The zero-order chi connectivity index (χ0) is 9.30. The van der Waals surface area contributed by atoms with Crippen LogP contribution in [0.2, 0.25) is 0 Å². The maximum absolute atomic E-state index is 11.1. The molecular weight excluding hydrogens is 317 g/mol. The second kappa shape index (κ2) is 3.76. The predicted octanol–water partition coefficient (Wildman–Crippen LogP) is 2.31. The molecule has 12 heavy (non-hydrogen) atoms. The lowest BCUT2D eigenvalue weighted by atomic mass is 10.5. The topological polar surface area (TPSA) is 52.2 Å². The number of hydrogen-bond donors (Lipinski definition) is 0. The van der Waals surface area contributed by atoms with Crippen molar-refractivity contribution < 1.29 is 9.32 Å². The van der Waals surface area contributed by atoms with Crippen molar-refractivity contribution in [3.63, 3.8) is 0 Å². The number of carbonyl (C=O) groups is 1. The lowest BCUT2D eigenvalue weighted by Crippen LogP contribution is -2.17. The van der Waals surface area contributed by atoms with Crippen LogP contribution in [0.1, 0.15) is 5.76 Å². The van der Waals surface area contributed by atoms with Crippen LogP contribution < -0.4 is 5.56 Å². The number of alkyl halides is 1. The van der Waals surface area contributed by atoms with Gasteiger partial charge in [-0.3, -0.25) is 9.59 Å². The van der Waals surface area contributed by atoms with E-state index in [9.17, 15) is 9.59 Å². The molecule has 0 unspecified atom stereocenters. The number of aromatic nitrogens is 1. The first-order valence-corrected chi connectivity index (χ1v) is 5.03. The van der Waals surface area contributed by atoms with Gasteiger partial charge in [-0.05, 0) is 27.5 Å². The molecule has 4 nitrogen and oxygen atoms in total. The molecule has 0 aliphatic heterocycles. The van der Waals surface area contributed by atoms with Crippen molar-refractivity contribution in [1.29, 1.82) is 0 Å². The molecular formula is C5H2Br2ClNO3. The van der Waals surface area contributed by atoms with E-state index in [0.717, 1.165) is 0 Å². The summed E-state index contributed by atoms with van der Waals surface area (Å²) in [5, 5.41) is -0.632. The summed E-state index contributed by atoms with van der Waals surface area (Å²) in [5.41, 5.74) is -0.593. The first-order chi connectivity index (χ1) is 5.57. The molecule has 0 saturated carbocycles. The minimum atomic E-state index is -0.965. The van der Waals surface area contributed by atoms with Crippen LogP contribution in [0.25, 0.3) is 0 Å². The molecule has 0 atom stereocenters. The van der Waals surface area contributed by atoms with Crippen molar-refractivity contribution >= 4 is 48.8 Å². The van der Waals surface area contributed by atoms with Gasteiger partial charge in [0.15, 0.2) is 5.76 Å². The fourth-order valence-electron chi connectivity index (χ4n) is 0.599. The van der Waals surface area contributed by atoms with E-state index < -0.39 is 10.9 Å². The summed E-state index contributed by atoms with van der Waals surface area (Å²) in [7, 11) is 0. The normalized spacial score (nSPS) is 10.2. The quantitative estimate of drug-likeness (QED) is 0.589. The maximum atomic E-state index is 11.1. The first-order valence-electron chi connectivity index (χ1n) is 2.74. The fourth-order valence-corrected chi connectivity index (χ4v) is 1.84.